The molecule has 6 heteroatoms. The number of likely N-dealkylation sites (N-methyl/N-ethyl adjacent to an activating group) is 1. The van der Waals surface area contributed by atoms with Crippen molar-refractivity contribution in [3.05, 3.63) is 30.1 Å². The van der Waals surface area contributed by atoms with Gasteiger partial charge >= 0.3 is 11.9 Å². The van der Waals surface area contributed by atoms with Gasteiger partial charge in [0.25, 0.3) is 0 Å². The summed E-state index contributed by atoms with van der Waals surface area (Å²) in [6, 6.07) is 5.86. The maximum Gasteiger partial charge on any atom is 0.396 e. The zero-order valence-electron chi connectivity index (χ0n) is 10.8. The van der Waals surface area contributed by atoms with Crippen LogP contribution in [-0.2, 0) is 20.7 Å². The Balaban J connectivity index is 1.98. The molecule has 2 aromatic rings. The highest BCUT2D eigenvalue weighted by molar-refractivity contribution is 6.32. The van der Waals surface area contributed by atoms with E-state index in [4.69, 9.17) is 0 Å². The van der Waals surface area contributed by atoms with E-state index in [1.807, 2.05) is 18.2 Å². The molecule has 0 radical (unpaired) electrons. The predicted molar refractivity (Wildman–Crippen MR) is 69.5 cm³/mol. The molecule has 0 saturated heterocycles. The summed E-state index contributed by atoms with van der Waals surface area (Å²) in [5, 5.41) is 0. The Morgan fingerprint density at radius 3 is 2.95 bits per heavy atom. The van der Waals surface area contributed by atoms with Crippen LogP contribution in [0.25, 0.3) is 11.0 Å². The fraction of sp³-hybridized carbons (Fsp3) is 0.308. The third-order valence-corrected chi connectivity index (χ3v) is 2.93. The van der Waals surface area contributed by atoms with Crippen LogP contribution in [0.15, 0.2) is 24.5 Å². The van der Waals surface area contributed by atoms with Gasteiger partial charge in [-0.3, -0.25) is 4.79 Å². The Bertz CT molecular complexity index is 606. The topological polar surface area (TPSA) is 75.3 Å². The monoisotopic (exact) mass is 261 g/mol. The molecule has 19 heavy (non-hydrogen) atoms. The number of carbonyl (C=O) groups is 2. The summed E-state index contributed by atoms with van der Waals surface area (Å²) in [6.07, 6.45) is 2.30. The minimum Gasteiger partial charge on any atom is -0.462 e. The van der Waals surface area contributed by atoms with E-state index in [-0.39, 0.29) is 0 Å². The number of methoxy groups -OCH3 is 1. The quantitative estimate of drug-likeness (QED) is 0.653. The lowest BCUT2D eigenvalue weighted by Gasteiger charge is -2.15. The van der Waals surface area contributed by atoms with Gasteiger partial charge in [0.15, 0.2) is 0 Å². The number of nitrogens with zero attached hydrogens (tertiary/aromatic N) is 2. The second-order valence-corrected chi connectivity index (χ2v) is 4.22. The number of hydrogen-bond acceptors (Lipinski definition) is 4. The molecule has 0 aliphatic rings. The molecule has 0 atom stereocenters. The van der Waals surface area contributed by atoms with E-state index < -0.39 is 11.9 Å². The first-order valence-corrected chi connectivity index (χ1v) is 5.87. The molecule has 0 unspecified atom stereocenters. The molecule has 0 spiro atoms. The van der Waals surface area contributed by atoms with Crippen molar-refractivity contribution in [2.24, 2.45) is 0 Å². The lowest BCUT2D eigenvalue weighted by Crippen LogP contribution is -2.35. The highest BCUT2D eigenvalue weighted by Crippen LogP contribution is 2.12. The lowest BCUT2D eigenvalue weighted by atomic mass is 10.1. The van der Waals surface area contributed by atoms with Crippen molar-refractivity contribution in [2.75, 3.05) is 20.7 Å². The maximum atomic E-state index is 11.5. The Kier molecular flexibility index (Phi) is 3.79. The first-order chi connectivity index (χ1) is 9.11. The van der Waals surface area contributed by atoms with Gasteiger partial charge in [0.05, 0.1) is 24.5 Å². The third kappa shape index (κ3) is 2.90. The van der Waals surface area contributed by atoms with E-state index in [1.54, 1.807) is 13.4 Å². The number of aromatic nitrogens is 2. The van der Waals surface area contributed by atoms with Crippen LogP contribution in [0.3, 0.4) is 0 Å². The largest absolute Gasteiger partial charge is 0.462 e. The number of aromatic amines is 1. The molecule has 100 valence electrons. The van der Waals surface area contributed by atoms with E-state index in [0.29, 0.717) is 13.0 Å². The molecular weight excluding hydrogens is 246 g/mol. The van der Waals surface area contributed by atoms with Crippen LogP contribution in [-0.4, -0.2) is 47.4 Å². The number of nitrogens with one attached hydrogen (secondary N) is 1. The number of fused-ring (bicyclic) bond motifs is 1. The number of rotatable bonds is 3. The van der Waals surface area contributed by atoms with Gasteiger partial charge in [-0.05, 0) is 24.1 Å². The van der Waals surface area contributed by atoms with Crippen molar-refractivity contribution in [3.63, 3.8) is 0 Å². The summed E-state index contributed by atoms with van der Waals surface area (Å²) in [5.74, 6) is -1.48. The van der Waals surface area contributed by atoms with Crippen molar-refractivity contribution >= 4 is 22.9 Å². The molecule has 1 heterocycles. The molecule has 0 fully saturated rings. The van der Waals surface area contributed by atoms with Gasteiger partial charge in [0, 0.05) is 13.6 Å². The van der Waals surface area contributed by atoms with Crippen molar-refractivity contribution < 1.29 is 14.3 Å². The van der Waals surface area contributed by atoms with Crippen LogP contribution in [0.5, 0.6) is 0 Å². The van der Waals surface area contributed by atoms with Gasteiger partial charge in [0.1, 0.15) is 0 Å². The van der Waals surface area contributed by atoms with Crippen molar-refractivity contribution in [1.82, 2.24) is 14.9 Å². The fourth-order valence-corrected chi connectivity index (χ4v) is 1.78. The number of carbonyl (C=O) groups excluding carboxylic acids is 2. The highest BCUT2D eigenvalue weighted by Gasteiger charge is 2.18. The van der Waals surface area contributed by atoms with Crippen LogP contribution in [0, 0.1) is 0 Å². The fourth-order valence-electron chi connectivity index (χ4n) is 1.78. The summed E-state index contributed by atoms with van der Waals surface area (Å²) in [5.41, 5.74) is 2.93. The van der Waals surface area contributed by atoms with E-state index in [2.05, 4.69) is 14.7 Å². The molecule has 0 aliphatic carbocycles. The first kappa shape index (κ1) is 13.1. The Morgan fingerprint density at radius 2 is 2.21 bits per heavy atom. The normalized spacial score (nSPS) is 10.4. The van der Waals surface area contributed by atoms with Crippen molar-refractivity contribution in [1.29, 1.82) is 0 Å². The zero-order chi connectivity index (χ0) is 13.8. The van der Waals surface area contributed by atoms with Crippen LogP contribution in [0.4, 0.5) is 0 Å². The Labute approximate surface area is 110 Å². The minimum atomic E-state index is -0.841. The Morgan fingerprint density at radius 1 is 1.42 bits per heavy atom. The second-order valence-electron chi connectivity index (χ2n) is 4.22. The number of esters is 1. The molecule has 6 nitrogen and oxygen atoms in total. The van der Waals surface area contributed by atoms with Crippen LogP contribution < -0.4 is 0 Å². The van der Waals surface area contributed by atoms with Crippen LogP contribution >= 0.6 is 0 Å². The molecule has 1 aromatic heterocycles. The number of ether oxygens (including phenoxy) is 1. The SMILES string of the molecule is COC(=O)C(=O)N(C)CCc1ccc2nc[nH]c2c1. The van der Waals surface area contributed by atoms with Gasteiger partial charge in [-0.25, -0.2) is 9.78 Å². The molecule has 0 bridgehead atoms. The summed E-state index contributed by atoms with van der Waals surface area (Å²) in [7, 11) is 2.77. The highest BCUT2D eigenvalue weighted by atomic mass is 16.5. The summed E-state index contributed by atoms with van der Waals surface area (Å²) < 4.78 is 4.39. The van der Waals surface area contributed by atoms with Crippen molar-refractivity contribution in [2.45, 2.75) is 6.42 Å². The minimum absolute atomic E-state index is 0.452. The average Bonchev–Trinajstić information content (AvgIpc) is 2.90. The van der Waals surface area contributed by atoms with E-state index in [9.17, 15) is 9.59 Å². The number of amides is 1. The number of H-pyrrole nitrogens is 1. The molecule has 2 rings (SSSR count). The molecule has 0 aliphatic heterocycles. The first-order valence-electron chi connectivity index (χ1n) is 5.87. The van der Waals surface area contributed by atoms with Crippen LogP contribution in [0.1, 0.15) is 5.56 Å². The molecular formula is C13H15N3O3. The number of imidazole rings is 1. The molecule has 1 N–H and O–H groups in total. The molecule has 1 aromatic carbocycles. The van der Waals surface area contributed by atoms with E-state index in [0.717, 1.165) is 16.6 Å². The summed E-state index contributed by atoms with van der Waals surface area (Å²) in [6.45, 7) is 0.452. The van der Waals surface area contributed by atoms with Crippen LogP contribution in [0.2, 0.25) is 0 Å². The maximum absolute atomic E-state index is 11.5. The summed E-state index contributed by atoms with van der Waals surface area (Å²) in [4.78, 5) is 31.1. The Hall–Kier alpha value is -2.37. The smallest absolute Gasteiger partial charge is 0.396 e. The third-order valence-electron chi connectivity index (χ3n) is 2.93. The van der Waals surface area contributed by atoms with E-state index >= 15 is 0 Å². The number of benzene rings is 1. The van der Waals surface area contributed by atoms with Gasteiger partial charge in [0.2, 0.25) is 0 Å². The summed E-state index contributed by atoms with van der Waals surface area (Å²) >= 11 is 0. The van der Waals surface area contributed by atoms with Crippen molar-refractivity contribution in [3.8, 4) is 0 Å². The zero-order valence-corrected chi connectivity index (χ0v) is 10.8. The van der Waals surface area contributed by atoms with Gasteiger partial charge in [-0.1, -0.05) is 6.07 Å². The van der Waals surface area contributed by atoms with Gasteiger partial charge in [-0.2, -0.15) is 0 Å². The van der Waals surface area contributed by atoms with Gasteiger partial charge in [-0.15, -0.1) is 0 Å². The average molecular weight is 261 g/mol. The second kappa shape index (κ2) is 5.51. The van der Waals surface area contributed by atoms with Gasteiger partial charge < -0.3 is 14.6 Å². The number of hydrogen-bond donors (Lipinski definition) is 1. The lowest BCUT2D eigenvalue weighted by molar-refractivity contribution is -0.157. The molecule has 1 amide bonds. The van der Waals surface area contributed by atoms with E-state index in [1.165, 1.54) is 12.0 Å². The standard InChI is InChI=1S/C13H15N3O3/c1-16(12(17)13(18)19-2)6-5-9-3-4-10-11(7-9)15-8-14-10/h3-4,7-8H,5-6H2,1-2H3,(H,14,15). The molecule has 0 saturated carbocycles. The predicted octanol–water partition coefficient (Wildman–Crippen LogP) is 0.737.